The molecule has 1 amide bonds. The number of hydrogen-bond donors (Lipinski definition) is 0. The third kappa shape index (κ3) is 2.78. The maximum Gasteiger partial charge on any atom is 0.271 e. The van der Waals surface area contributed by atoms with Gasteiger partial charge < -0.3 is 9.47 Å². The number of nitrogens with zero attached hydrogens (tertiary/aromatic N) is 3. The Labute approximate surface area is 131 Å². The van der Waals surface area contributed by atoms with E-state index in [1.165, 1.54) is 0 Å². The molecule has 4 heteroatoms. The number of carbonyl (C=O) groups is 1. The van der Waals surface area contributed by atoms with Crippen LogP contribution in [0.2, 0.25) is 0 Å². The van der Waals surface area contributed by atoms with Crippen LogP contribution in [-0.2, 0) is 0 Å². The SMILES string of the molecule is CC(C)n1cccc1C(=O)N1CCCC[C@@H]1c1ccccn1. The van der Waals surface area contributed by atoms with Crippen LogP contribution in [0.25, 0.3) is 0 Å². The predicted octanol–water partition coefficient (Wildman–Crippen LogP) is 3.83. The second kappa shape index (κ2) is 6.34. The van der Waals surface area contributed by atoms with E-state index in [-0.39, 0.29) is 18.0 Å². The summed E-state index contributed by atoms with van der Waals surface area (Å²) in [6, 6.07) is 10.2. The summed E-state index contributed by atoms with van der Waals surface area (Å²) in [5, 5.41) is 0. The summed E-state index contributed by atoms with van der Waals surface area (Å²) in [5.41, 5.74) is 1.77. The van der Waals surface area contributed by atoms with E-state index in [1.54, 1.807) is 0 Å². The first-order valence-corrected chi connectivity index (χ1v) is 8.07. The Bertz CT molecular complexity index is 633. The Morgan fingerprint density at radius 3 is 2.82 bits per heavy atom. The highest BCUT2D eigenvalue weighted by Crippen LogP contribution is 2.31. The molecule has 0 bridgehead atoms. The van der Waals surface area contributed by atoms with Crippen LogP contribution in [-0.4, -0.2) is 26.9 Å². The average Bonchev–Trinajstić information content (AvgIpc) is 3.05. The van der Waals surface area contributed by atoms with E-state index in [1.807, 2.05) is 52.2 Å². The van der Waals surface area contributed by atoms with E-state index in [4.69, 9.17) is 0 Å². The monoisotopic (exact) mass is 297 g/mol. The number of piperidine rings is 1. The number of hydrogen-bond acceptors (Lipinski definition) is 2. The highest BCUT2D eigenvalue weighted by molar-refractivity contribution is 5.93. The summed E-state index contributed by atoms with van der Waals surface area (Å²) < 4.78 is 2.05. The standard InChI is InChI=1S/C18H23N3O/c1-14(2)20-13-7-10-17(20)18(22)21-12-6-4-9-16(21)15-8-3-5-11-19-15/h3,5,7-8,10-11,13-14,16H,4,6,9,12H2,1-2H3/t16-/m1/s1. The zero-order valence-electron chi connectivity index (χ0n) is 13.3. The zero-order chi connectivity index (χ0) is 15.5. The van der Waals surface area contributed by atoms with Crippen molar-refractivity contribution in [3.63, 3.8) is 0 Å². The second-order valence-electron chi connectivity index (χ2n) is 6.16. The van der Waals surface area contributed by atoms with Gasteiger partial charge >= 0.3 is 0 Å². The van der Waals surface area contributed by atoms with Crippen LogP contribution < -0.4 is 0 Å². The van der Waals surface area contributed by atoms with E-state index in [0.29, 0.717) is 0 Å². The minimum atomic E-state index is 0.0953. The molecular weight excluding hydrogens is 274 g/mol. The van der Waals surface area contributed by atoms with Crippen LogP contribution in [0.1, 0.15) is 61.4 Å². The minimum Gasteiger partial charge on any atom is -0.341 e. The first kappa shape index (κ1) is 14.8. The van der Waals surface area contributed by atoms with Gasteiger partial charge in [0.25, 0.3) is 5.91 Å². The Kier molecular flexibility index (Phi) is 4.27. The number of amides is 1. The average molecular weight is 297 g/mol. The van der Waals surface area contributed by atoms with Crippen LogP contribution in [0, 0.1) is 0 Å². The molecule has 0 unspecified atom stereocenters. The van der Waals surface area contributed by atoms with Crippen LogP contribution in [0.4, 0.5) is 0 Å². The summed E-state index contributed by atoms with van der Waals surface area (Å²) in [7, 11) is 0. The van der Waals surface area contributed by atoms with Gasteiger partial charge in [-0.1, -0.05) is 6.07 Å². The molecule has 0 aromatic carbocycles. The van der Waals surface area contributed by atoms with Gasteiger partial charge in [-0.25, -0.2) is 0 Å². The lowest BCUT2D eigenvalue weighted by Gasteiger charge is -2.35. The highest BCUT2D eigenvalue weighted by atomic mass is 16.2. The number of pyridine rings is 1. The maximum atomic E-state index is 13.0. The summed E-state index contributed by atoms with van der Waals surface area (Å²) in [5.74, 6) is 0.119. The predicted molar refractivity (Wildman–Crippen MR) is 86.7 cm³/mol. The summed E-state index contributed by atoms with van der Waals surface area (Å²) in [6.07, 6.45) is 7.00. The van der Waals surface area contributed by atoms with Gasteiger partial charge in [-0.2, -0.15) is 0 Å². The molecule has 0 spiro atoms. The van der Waals surface area contributed by atoms with Crippen molar-refractivity contribution >= 4 is 5.91 Å². The van der Waals surface area contributed by atoms with Gasteiger partial charge in [-0.05, 0) is 57.4 Å². The molecule has 2 aromatic heterocycles. The molecular formula is C18H23N3O. The number of carbonyl (C=O) groups excluding carboxylic acids is 1. The fourth-order valence-corrected chi connectivity index (χ4v) is 3.23. The van der Waals surface area contributed by atoms with Crippen molar-refractivity contribution in [3.8, 4) is 0 Å². The molecule has 3 rings (SSSR count). The van der Waals surface area contributed by atoms with Gasteiger partial charge in [0.15, 0.2) is 0 Å². The minimum absolute atomic E-state index is 0.0953. The second-order valence-corrected chi connectivity index (χ2v) is 6.16. The van der Waals surface area contributed by atoms with Gasteiger partial charge in [0.2, 0.25) is 0 Å². The van der Waals surface area contributed by atoms with Crippen LogP contribution in [0.5, 0.6) is 0 Å². The third-order valence-corrected chi connectivity index (χ3v) is 4.35. The first-order chi connectivity index (χ1) is 10.7. The molecule has 22 heavy (non-hydrogen) atoms. The highest BCUT2D eigenvalue weighted by Gasteiger charge is 2.30. The van der Waals surface area contributed by atoms with Crippen molar-refractivity contribution in [2.75, 3.05) is 6.54 Å². The molecule has 1 aliphatic rings. The van der Waals surface area contributed by atoms with Crippen LogP contribution in [0.3, 0.4) is 0 Å². The van der Waals surface area contributed by atoms with Crippen molar-refractivity contribution in [2.24, 2.45) is 0 Å². The van der Waals surface area contributed by atoms with Crippen LogP contribution in [0.15, 0.2) is 42.7 Å². The van der Waals surface area contributed by atoms with Gasteiger partial charge in [0.05, 0.1) is 11.7 Å². The lowest BCUT2D eigenvalue weighted by atomic mass is 9.98. The number of aromatic nitrogens is 2. The quantitative estimate of drug-likeness (QED) is 0.863. The summed E-state index contributed by atoms with van der Waals surface area (Å²) in [6.45, 7) is 5.01. The van der Waals surface area contributed by atoms with E-state index in [0.717, 1.165) is 37.2 Å². The van der Waals surface area contributed by atoms with E-state index in [2.05, 4.69) is 18.8 Å². The van der Waals surface area contributed by atoms with E-state index >= 15 is 0 Å². The molecule has 0 aliphatic carbocycles. The van der Waals surface area contributed by atoms with Crippen molar-refractivity contribution in [3.05, 3.63) is 54.1 Å². The van der Waals surface area contributed by atoms with Crippen LogP contribution >= 0.6 is 0 Å². The van der Waals surface area contributed by atoms with Gasteiger partial charge in [0.1, 0.15) is 5.69 Å². The molecule has 2 aromatic rings. The zero-order valence-corrected chi connectivity index (χ0v) is 13.3. The maximum absolute atomic E-state index is 13.0. The van der Waals surface area contributed by atoms with Gasteiger partial charge in [-0.3, -0.25) is 9.78 Å². The summed E-state index contributed by atoms with van der Waals surface area (Å²) >= 11 is 0. The van der Waals surface area contributed by atoms with Crippen molar-refractivity contribution in [1.29, 1.82) is 0 Å². The Hall–Kier alpha value is -2.10. The van der Waals surface area contributed by atoms with Crippen molar-refractivity contribution < 1.29 is 4.79 Å². The first-order valence-electron chi connectivity index (χ1n) is 8.07. The molecule has 1 saturated heterocycles. The molecule has 1 atom stereocenters. The molecule has 116 valence electrons. The normalized spacial score (nSPS) is 18.7. The fourth-order valence-electron chi connectivity index (χ4n) is 3.23. The Balaban J connectivity index is 1.90. The Morgan fingerprint density at radius 1 is 1.23 bits per heavy atom. The summed E-state index contributed by atoms with van der Waals surface area (Å²) in [4.78, 5) is 19.5. The molecule has 1 fully saturated rings. The molecule has 0 N–H and O–H groups in total. The molecule has 4 nitrogen and oxygen atoms in total. The lowest BCUT2D eigenvalue weighted by molar-refractivity contribution is 0.0593. The van der Waals surface area contributed by atoms with Crippen molar-refractivity contribution in [2.45, 2.75) is 45.2 Å². The topological polar surface area (TPSA) is 38.1 Å². The smallest absolute Gasteiger partial charge is 0.271 e. The largest absolute Gasteiger partial charge is 0.341 e. The fraction of sp³-hybridized carbons (Fsp3) is 0.444. The van der Waals surface area contributed by atoms with Gasteiger partial charge in [0, 0.05) is 25.0 Å². The molecule has 1 aliphatic heterocycles. The molecule has 3 heterocycles. The van der Waals surface area contributed by atoms with E-state index < -0.39 is 0 Å². The van der Waals surface area contributed by atoms with Crippen molar-refractivity contribution in [1.82, 2.24) is 14.5 Å². The molecule has 0 radical (unpaired) electrons. The van der Waals surface area contributed by atoms with E-state index in [9.17, 15) is 4.79 Å². The Morgan fingerprint density at radius 2 is 2.09 bits per heavy atom. The number of rotatable bonds is 3. The number of likely N-dealkylation sites (tertiary alicyclic amines) is 1. The van der Waals surface area contributed by atoms with Gasteiger partial charge in [-0.15, -0.1) is 0 Å². The lowest BCUT2D eigenvalue weighted by Crippen LogP contribution is -2.39. The molecule has 0 saturated carbocycles. The third-order valence-electron chi connectivity index (χ3n) is 4.35.